The molecular formula is C36H44FN7O. The van der Waals surface area contributed by atoms with Crippen LogP contribution in [0.15, 0.2) is 59.8 Å². The maximum atomic E-state index is 15.7. The molecule has 0 radical (unpaired) electrons. The van der Waals surface area contributed by atoms with Gasteiger partial charge in [0.05, 0.1) is 23.1 Å². The van der Waals surface area contributed by atoms with Crippen molar-refractivity contribution < 1.29 is 4.39 Å². The Morgan fingerprint density at radius 2 is 1.82 bits per heavy atom. The summed E-state index contributed by atoms with van der Waals surface area (Å²) in [4.78, 5) is 30.1. The van der Waals surface area contributed by atoms with E-state index in [1.54, 1.807) is 0 Å². The second kappa shape index (κ2) is 12.5. The van der Waals surface area contributed by atoms with Crippen LogP contribution in [0.3, 0.4) is 0 Å². The molecule has 3 aromatic heterocycles. The smallest absolute Gasteiger partial charge is 0.193 e. The van der Waals surface area contributed by atoms with Crippen molar-refractivity contribution in [1.82, 2.24) is 24.8 Å². The number of piperidine rings is 1. The minimum atomic E-state index is -0.311. The average Bonchev–Trinajstić information content (AvgIpc) is 3.78. The van der Waals surface area contributed by atoms with Crippen LogP contribution in [0.1, 0.15) is 60.7 Å². The molecule has 2 aliphatic heterocycles. The van der Waals surface area contributed by atoms with Gasteiger partial charge in [-0.2, -0.15) is 0 Å². The second-order valence-corrected chi connectivity index (χ2v) is 13.3. The van der Waals surface area contributed by atoms with Crippen molar-refractivity contribution in [2.24, 2.45) is 0 Å². The van der Waals surface area contributed by atoms with Crippen LogP contribution in [0.5, 0.6) is 0 Å². The summed E-state index contributed by atoms with van der Waals surface area (Å²) >= 11 is 0. The molecule has 3 fully saturated rings. The number of aromatic nitrogens is 3. The lowest BCUT2D eigenvalue weighted by Gasteiger charge is -2.40. The van der Waals surface area contributed by atoms with Gasteiger partial charge in [0.1, 0.15) is 5.82 Å². The lowest BCUT2D eigenvalue weighted by Crippen LogP contribution is -2.48. The summed E-state index contributed by atoms with van der Waals surface area (Å²) in [6.45, 7) is 8.67. The zero-order valence-corrected chi connectivity index (χ0v) is 26.7. The van der Waals surface area contributed by atoms with Gasteiger partial charge in [0, 0.05) is 92.1 Å². The monoisotopic (exact) mass is 609 g/mol. The number of fused-ring (bicyclic) bond motifs is 1. The Morgan fingerprint density at radius 1 is 0.956 bits per heavy atom. The Labute approximate surface area is 264 Å². The predicted molar refractivity (Wildman–Crippen MR) is 179 cm³/mol. The molecule has 9 heteroatoms. The third-order valence-electron chi connectivity index (χ3n) is 9.95. The topological polar surface area (TPSA) is 69.5 Å². The van der Waals surface area contributed by atoms with Crippen LogP contribution < -0.4 is 20.5 Å². The molecule has 236 valence electrons. The fourth-order valence-electron chi connectivity index (χ4n) is 7.24. The summed E-state index contributed by atoms with van der Waals surface area (Å²) in [7, 11) is 1.96. The molecule has 1 aromatic carbocycles. The molecule has 45 heavy (non-hydrogen) atoms. The Hall–Kier alpha value is -3.82. The number of nitrogens with one attached hydrogen (secondary N) is 1. The molecule has 1 aliphatic carbocycles. The number of likely N-dealkylation sites (N-methyl/N-ethyl adjacent to an activating group) is 1. The quantitative estimate of drug-likeness (QED) is 0.274. The largest absolute Gasteiger partial charge is 0.369 e. The number of halogens is 1. The van der Waals surface area contributed by atoms with E-state index in [9.17, 15) is 4.79 Å². The molecule has 2 atom stereocenters. The molecule has 2 saturated heterocycles. The normalized spacial score (nSPS) is 20.5. The minimum Gasteiger partial charge on any atom is -0.369 e. The molecule has 0 amide bonds. The van der Waals surface area contributed by atoms with Crippen molar-refractivity contribution in [3.63, 3.8) is 0 Å². The van der Waals surface area contributed by atoms with Crippen LogP contribution in [0, 0.1) is 19.7 Å². The van der Waals surface area contributed by atoms with Gasteiger partial charge in [0.25, 0.3) is 0 Å². The van der Waals surface area contributed by atoms with E-state index in [1.165, 1.54) is 11.6 Å². The van der Waals surface area contributed by atoms with E-state index in [1.807, 2.05) is 39.4 Å². The summed E-state index contributed by atoms with van der Waals surface area (Å²) in [5.74, 6) is -0.311. The minimum absolute atomic E-state index is 0.0619. The SMILES string of the molecule is CN[C@H]1CCN(c2cc3c(cc2F)c(=O)c(CN(Cc2ccnc(C)c2)[C@H]2CCCN(c4ccc(C)nc4)C2)cn3C2CC2)C1. The Balaban J connectivity index is 1.24. The van der Waals surface area contributed by atoms with Crippen LogP contribution in [-0.4, -0.2) is 64.7 Å². The van der Waals surface area contributed by atoms with E-state index in [2.05, 4.69) is 65.0 Å². The first-order valence-corrected chi connectivity index (χ1v) is 16.5. The first kappa shape index (κ1) is 29.9. The van der Waals surface area contributed by atoms with Gasteiger partial charge in [-0.1, -0.05) is 0 Å². The number of nitrogens with zero attached hydrogens (tertiary/aromatic N) is 6. The predicted octanol–water partition coefficient (Wildman–Crippen LogP) is 5.35. The number of aryl methyl sites for hydroxylation is 2. The number of pyridine rings is 3. The maximum Gasteiger partial charge on any atom is 0.193 e. The summed E-state index contributed by atoms with van der Waals surface area (Å²) in [6.07, 6.45) is 11.2. The lowest BCUT2D eigenvalue weighted by atomic mass is 10.0. The van der Waals surface area contributed by atoms with Crippen molar-refractivity contribution in [2.75, 3.05) is 43.0 Å². The highest BCUT2D eigenvalue weighted by molar-refractivity contribution is 5.84. The third-order valence-corrected chi connectivity index (χ3v) is 9.95. The molecular weight excluding hydrogens is 565 g/mol. The molecule has 8 nitrogen and oxygen atoms in total. The molecule has 1 saturated carbocycles. The number of rotatable bonds is 9. The van der Waals surface area contributed by atoms with Crippen molar-refractivity contribution in [3.05, 3.63) is 93.5 Å². The molecule has 1 N–H and O–H groups in total. The average molecular weight is 610 g/mol. The van der Waals surface area contributed by atoms with Crippen LogP contribution in [0.2, 0.25) is 0 Å². The van der Waals surface area contributed by atoms with Gasteiger partial charge in [0.15, 0.2) is 5.43 Å². The standard InChI is InChI=1S/C36H44FN7O/c1-24-6-7-30(18-40-24)41-13-4-5-31(23-41)43(19-26-10-12-39-25(2)15-26)20-27-21-44(29-8-9-29)34-17-35(33(37)16-32(34)36(27)45)42-14-11-28(22-42)38-3/h6-7,10,12,15-18,21,28-29,31,38H,4-5,8-9,11,13-14,19-20,22-23H2,1-3H3/t28-,31-/m0/s1. The van der Waals surface area contributed by atoms with Crippen molar-refractivity contribution in [2.45, 2.75) is 77.2 Å². The van der Waals surface area contributed by atoms with Crippen LogP contribution >= 0.6 is 0 Å². The summed E-state index contributed by atoms with van der Waals surface area (Å²) in [6, 6.07) is 12.8. The Morgan fingerprint density at radius 3 is 2.56 bits per heavy atom. The number of anilines is 2. The van der Waals surface area contributed by atoms with Gasteiger partial charge in [-0.15, -0.1) is 0 Å². The summed E-state index contributed by atoms with van der Waals surface area (Å²) in [5, 5.41) is 3.81. The Kier molecular flexibility index (Phi) is 8.31. The van der Waals surface area contributed by atoms with Gasteiger partial charge in [-0.05, 0) is 95.0 Å². The third kappa shape index (κ3) is 6.33. The van der Waals surface area contributed by atoms with E-state index >= 15 is 4.39 Å². The highest BCUT2D eigenvalue weighted by Gasteiger charge is 2.31. The zero-order chi connectivity index (χ0) is 31.1. The summed E-state index contributed by atoms with van der Waals surface area (Å²) < 4.78 is 18.0. The lowest BCUT2D eigenvalue weighted by molar-refractivity contribution is 0.158. The van der Waals surface area contributed by atoms with Gasteiger partial charge in [0.2, 0.25) is 0 Å². The van der Waals surface area contributed by atoms with Gasteiger partial charge < -0.3 is 19.7 Å². The maximum absolute atomic E-state index is 15.7. The molecule has 0 bridgehead atoms. The van der Waals surface area contributed by atoms with Crippen molar-refractivity contribution in [3.8, 4) is 0 Å². The van der Waals surface area contributed by atoms with Gasteiger partial charge in [-0.3, -0.25) is 19.7 Å². The molecule has 0 spiro atoms. The first-order chi connectivity index (χ1) is 21.9. The van der Waals surface area contributed by atoms with Crippen molar-refractivity contribution >= 4 is 22.3 Å². The number of hydrogen-bond donors (Lipinski definition) is 1. The molecule has 4 aromatic rings. The van der Waals surface area contributed by atoms with E-state index in [0.717, 1.165) is 86.4 Å². The fraction of sp³-hybridized carbons (Fsp3) is 0.472. The van der Waals surface area contributed by atoms with E-state index in [0.29, 0.717) is 36.2 Å². The van der Waals surface area contributed by atoms with E-state index in [-0.39, 0.29) is 17.3 Å². The summed E-state index contributed by atoms with van der Waals surface area (Å²) in [5.41, 5.74) is 6.43. The van der Waals surface area contributed by atoms with Gasteiger partial charge in [-0.25, -0.2) is 4.39 Å². The molecule has 0 unspecified atom stereocenters. The number of benzene rings is 1. The van der Waals surface area contributed by atoms with Crippen LogP contribution in [0.25, 0.3) is 10.9 Å². The highest BCUT2D eigenvalue weighted by Crippen LogP contribution is 2.39. The van der Waals surface area contributed by atoms with Crippen LogP contribution in [-0.2, 0) is 13.1 Å². The molecule has 7 rings (SSSR count). The van der Waals surface area contributed by atoms with Crippen molar-refractivity contribution in [1.29, 1.82) is 0 Å². The van der Waals surface area contributed by atoms with Gasteiger partial charge >= 0.3 is 0 Å². The van der Waals surface area contributed by atoms with Crippen LogP contribution in [0.4, 0.5) is 15.8 Å². The Bertz CT molecular complexity index is 1730. The fourth-order valence-corrected chi connectivity index (χ4v) is 7.24. The van der Waals surface area contributed by atoms with E-state index < -0.39 is 0 Å². The molecule has 3 aliphatic rings. The second-order valence-electron chi connectivity index (χ2n) is 13.3. The number of hydrogen-bond acceptors (Lipinski definition) is 7. The highest BCUT2D eigenvalue weighted by atomic mass is 19.1. The van der Waals surface area contributed by atoms with E-state index in [4.69, 9.17) is 0 Å². The molecule has 5 heterocycles. The first-order valence-electron chi connectivity index (χ1n) is 16.5. The zero-order valence-electron chi connectivity index (χ0n) is 26.7.